The Bertz CT molecular complexity index is 638. The number of fused-ring (bicyclic) bond motifs is 1. The highest BCUT2D eigenvalue weighted by Gasteiger charge is 2.23. The summed E-state index contributed by atoms with van der Waals surface area (Å²) < 4.78 is 2.05. The fourth-order valence-corrected chi connectivity index (χ4v) is 2.69. The molecule has 1 amide bonds. The molecule has 1 aliphatic heterocycles. The molecule has 0 saturated carbocycles. The Morgan fingerprint density at radius 1 is 1.38 bits per heavy atom. The van der Waals surface area contributed by atoms with Gasteiger partial charge in [-0.1, -0.05) is 0 Å². The number of hydrogen-bond acceptors (Lipinski definition) is 4. The number of nitrogens with two attached hydrogens (primary N) is 1. The number of aromatic nitrogens is 3. The lowest BCUT2D eigenvalue weighted by atomic mass is 10.1. The molecule has 1 aliphatic rings. The summed E-state index contributed by atoms with van der Waals surface area (Å²) in [6.45, 7) is 3.33. The lowest BCUT2D eigenvalue weighted by molar-refractivity contribution is -0.132. The number of nitrogens with zero attached hydrogens (tertiary/aromatic N) is 4. The zero-order chi connectivity index (χ0) is 14.8. The number of nitrogen functional groups attached to an aromatic ring is 1. The maximum absolute atomic E-state index is 12.4. The molecule has 6 nitrogen and oxygen atoms in total. The first-order valence-electron chi connectivity index (χ1n) is 7.14. The lowest BCUT2D eigenvalue weighted by Gasteiger charge is -2.29. The van der Waals surface area contributed by atoms with Gasteiger partial charge in [-0.2, -0.15) is 5.10 Å². The Hall–Kier alpha value is -2.37. The average Bonchev–Trinajstić information content (AvgIpc) is 3.00. The van der Waals surface area contributed by atoms with Crippen molar-refractivity contribution in [2.45, 2.75) is 32.4 Å². The van der Waals surface area contributed by atoms with Gasteiger partial charge >= 0.3 is 0 Å². The minimum Gasteiger partial charge on any atom is -0.382 e. The minimum absolute atomic E-state index is 0.162. The second-order valence-electron chi connectivity index (χ2n) is 5.49. The third-order valence-corrected chi connectivity index (χ3v) is 3.92. The van der Waals surface area contributed by atoms with Crippen molar-refractivity contribution in [3.63, 3.8) is 0 Å². The molecular formula is C15H19N5O. The summed E-state index contributed by atoms with van der Waals surface area (Å²) >= 11 is 0. The second-order valence-corrected chi connectivity index (χ2v) is 5.49. The van der Waals surface area contributed by atoms with Crippen LogP contribution in [0.5, 0.6) is 0 Å². The van der Waals surface area contributed by atoms with E-state index in [-0.39, 0.29) is 11.9 Å². The summed E-state index contributed by atoms with van der Waals surface area (Å²) in [5, 5.41) is 7.96. The zero-order valence-corrected chi connectivity index (χ0v) is 12.1. The van der Waals surface area contributed by atoms with Crippen molar-refractivity contribution >= 4 is 11.7 Å². The first-order chi connectivity index (χ1) is 10.1. The summed E-state index contributed by atoms with van der Waals surface area (Å²) in [5.74, 6) is 0.570. The van der Waals surface area contributed by atoms with Crippen molar-refractivity contribution in [1.29, 1.82) is 0 Å². The summed E-state index contributed by atoms with van der Waals surface area (Å²) in [7, 11) is 0. The molecular weight excluding hydrogens is 266 g/mol. The molecule has 2 N–H and O–H groups in total. The van der Waals surface area contributed by atoms with Gasteiger partial charge in [0, 0.05) is 44.4 Å². The summed E-state index contributed by atoms with van der Waals surface area (Å²) in [6.07, 6.45) is 5.21. The van der Waals surface area contributed by atoms with Gasteiger partial charge < -0.3 is 15.2 Å². The molecule has 3 heterocycles. The molecule has 2 aromatic rings. The normalized spacial score (nSPS) is 15.6. The van der Waals surface area contributed by atoms with Gasteiger partial charge in [-0.05, 0) is 30.7 Å². The van der Waals surface area contributed by atoms with Gasteiger partial charge in [0.2, 0.25) is 5.91 Å². The van der Waals surface area contributed by atoms with Crippen LogP contribution in [-0.4, -0.2) is 32.1 Å². The quantitative estimate of drug-likeness (QED) is 0.924. The fraction of sp³-hybridized carbons (Fsp3) is 0.400. The van der Waals surface area contributed by atoms with Gasteiger partial charge in [-0.15, -0.1) is 5.10 Å². The van der Waals surface area contributed by atoms with E-state index in [9.17, 15) is 4.79 Å². The number of amides is 1. The van der Waals surface area contributed by atoms with E-state index in [0.29, 0.717) is 25.3 Å². The topological polar surface area (TPSA) is 77.0 Å². The Balaban J connectivity index is 1.67. The van der Waals surface area contributed by atoms with Crippen molar-refractivity contribution < 1.29 is 4.79 Å². The van der Waals surface area contributed by atoms with Gasteiger partial charge in [0.25, 0.3) is 0 Å². The van der Waals surface area contributed by atoms with E-state index < -0.39 is 0 Å². The van der Waals surface area contributed by atoms with E-state index in [0.717, 1.165) is 17.7 Å². The fourth-order valence-electron chi connectivity index (χ4n) is 2.69. The van der Waals surface area contributed by atoms with E-state index in [2.05, 4.69) is 21.7 Å². The molecule has 21 heavy (non-hydrogen) atoms. The highest BCUT2D eigenvalue weighted by molar-refractivity contribution is 5.77. The monoisotopic (exact) mass is 285 g/mol. The van der Waals surface area contributed by atoms with Crippen molar-refractivity contribution in [3.8, 4) is 0 Å². The Kier molecular flexibility index (Phi) is 3.60. The zero-order valence-electron chi connectivity index (χ0n) is 12.1. The number of hydrogen-bond donors (Lipinski definition) is 1. The molecule has 0 spiro atoms. The molecule has 0 saturated heterocycles. The highest BCUT2D eigenvalue weighted by Crippen LogP contribution is 2.20. The SMILES string of the molecule is C[C@@H](CC(=O)N1CCc2nnc(N)cc2C1)n1cccc1. The van der Waals surface area contributed by atoms with Gasteiger partial charge in [0.15, 0.2) is 0 Å². The van der Waals surface area contributed by atoms with E-state index in [1.54, 1.807) is 0 Å². The third kappa shape index (κ3) is 2.89. The largest absolute Gasteiger partial charge is 0.382 e. The average molecular weight is 285 g/mol. The predicted octanol–water partition coefficient (Wildman–Crippen LogP) is 1.40. The van der Waals surface area contributed by atoms with Crippen LogP contribution in [0.15, 0.2) is 30.6 Å². The van der Waals surface area contributed by atoms with E-state index >= 15 is 0 Å². The Labute approximate surface area is 123 Å². The van der Waals surface area contributed by atoms with Crippen LogP contribution in [0.3, 0.4) is 0 Å². The summed E-state index contributed by atoms with van der Waals surface area (Å²) in [5.41, 5.74) is 7.63. The van der Waals surface area contributed by atoms with Crippen LogP contribution in [0.2, 0.25) is 0 Å². The first kappa shape index (κ1) is 13.6. The lowest BCUT2D eigenvalue weighted by Crippen LogP contribution is -2.37. The molecule has 110 valence electrons. The van der Waals surface area contributed by atoms with Crippen molar-refractivity contribution in [3.05, 3.63) is 41.9 Å². The number of anilines is 1. The maximum atomic E-state index is 12.4. The number of carbonyl (C=O) groups is 1. The number of carbonyl (C=O) groups excluding carboxylic acids is 1. The third-order valence-electron chi connectivity index (χ3n) is 3.92. The molecule has 1 atom stereocenters. The van der Waals surface area contributed by atoms with Crippen LogP contribution in [0.25, 0.3) is 0 Å². The molecule has 2 aromatic heterocycles. The molecule has 0 aliphatic carbocycles. The molecule has 0 radical (unpaired) electrons. The van der Waals surface area contributed by atoms with Crippen LogP contribution in [-0.2, 0) is 17.8 Å². The van der Waals surface area contributed by atoms with Gasteiger partial charge in [0.05, 0.1) is 5.69 Å². The maximum Gasteiger partial charge on any atom is 0.224 e. The Morgan fingerprint density at radius 3 is 2.90 bits per heavy atom. The number of rotatable bonds is 3. The molecule has 6 heteroatoms. The van der Waals surface area contributed by atoms with E-state index in [4.69, 9.17) is 5.73 Å². The smallest absolute Gasteiger partial charge is 0.224 e. The van der Waals surface area contributed by atoms with Crippen LogP contribution >= 0.6 is 0 Å². The molecule has 3 rings (SSSR count). The predicted molar refractivity (Wildman–Crippen MR) is 79.3 cm³/mol. The van der Waals surface area contributed by atoms with Crippen LogP contribution in [0, 0.1) is 0 Å². The first-order valence-corrected chi connectivity index (χ1v) is 7.14. The molecule has 0 unspecified atom stereocenters. The van der Waals surface area contributed by atoms with Crippen molar-refractivity contribution in [2.24, 2.45) is 0 Å². The van der Waals surface area contributed by atoms with Crippen LogP contribution in [0.4, 0.5) is 5.82 Å². The van der Waals surface area contributed by atoms with Gasteiger partial charge in [-0.25, -0.2) is 0 Å². The molecule has 0 aromatic carbocycles. The van der Waals surface area contributed by atoms with Crippen molar-refractivity contribution in [2.75, 3.05) is 12.3 Å². The van der Waals surface area contributed by atoms with Crippen LogP contribution < -0.4 is 5.73 Å². The van der Waals surface area contributed by atoms with Crippen LogP contribution in [0.1, 0.15) is 30.6 Å². The highest BCUT2D eigenvalue weighted by atomic mass is 16.2. The van der Waals surface area contributed by atoms with E-state index in [1.807, 2.05) is 35.5 Å². The van der Waals surface area contributed by atoms with Crippen molar-refractivity contribution in [1.82, 2.24) is 19.7 Å². The molecule has 0 fully saturated rings. The minimum atomic E-state index is 0.162. The van der Waals surface area contributed by atoms with Gasteiger partial charge in [0.1, 0.15) is 5.82 Å². The molecule has 0 bridgehead atoms. The summed E-state index contributed by atoms with van der Waals surface area (Å²) in [4.78, 5) is 14.3. The second kappa shape index (κ2) is 5.55. The Morgan fingerprint density at radius 2 is 2.14 bits per heavy atom. The summed E-state index contributed by atoms with van der Waals surface area (Å²) in [6, 6.07) is 5.92. The standard InChI is InChI=1S/C15H19N5O/c1-11(19-5-2-3-6-19)8-15(21)20-7-4-13-12(10-20)9-14(16)18-17-13/h2-3,5-6,9,11H,4,7-8,10H2,1H3,(H2,16,18)/t11-/m0/s1. The van der Waals surface area contributed by atoms with E-state index in [1.165, 1.54) is 0 Å². The van der Waals surface area contributed by atoms with Gasteiger partial charge in [-0.3, -0.25) is 4.79 Å².